The number of hydrogen-bond donors (Lipinski definition) is 1. The lowest BCUT2D eigenvalue weighted by Gasteiger charge is -2.24. The SMILES string of the molecule is Cc1cccc2ccnc(N3CCC4(CCNC4)C3)c12. The van der Waals surface area contributed by atoms with Crippen LogP contribution in [0.5, 0.6) is 0 Å². The number of anilines is 1. The molecule has 1 spiro atoms. The number of aromatic nitrogens is 1. The van der Waals surface area contributed by atoms with E-state index in [0.29, 0.717) is 5.41 Å². The molecule has 4 rings (SSSR count). The van der Waals surface area contributed by atoms with Crippen molar-refractivity contribution in [3.63, 3.8) is 0 Å². The van der Waals surface area contributed by atoms with Crippen molar-refractivity contribution >= 4 is 16.6 Å². The first kappa shape index (κ1) is 12.2. The predicted octanol–water partition coefficient (Wildman–Crippen LogP) is 2.73. The van der Waals surface area contributed by atoms with Crippen LogP contribution in [-0.4, -0.2) is 31.2 Å². The van der Waals surface area contributed by atoms with E-state index in [1.807, 2.05) is 6.20 Å². The second-order valence-electron chi connectivity index (χ2n) is 6.41. The molecule has 2 aliphatic rings. The van der Waals surface area contributed by atoms with Crippen molar-refractivity contribution in [2.45, 2.75) is 19.8 Å². The van der Waals surface area contributed by atoms with Crippen LogP contribution in [-0.2, 0) is 0 Å². The summed E-state index contributed by atoms with van der Waals surface area (Å²) >= 11 is 0. The van der Waals surface area contributed by atoms with Gasteiger partial charge in [0.15, 0.2) is 0 Å². The van der Waals surface area contributed by atoms with E-state index in [0.717, 1.165) is 13.1 Å². The van der Waals surface area contributed by atoms with Crippen LogP contribution in [0.25, 0.3) is 10.8 Å². The van der Waals surface area contributed by atoms with Crippen LogP contribution in [0.4, 0.5) is 5.82 Å². The van der Waals surface area contributed by atoms with Gasteiger partial charge in [-0.05, 0) is 43.3 Å². The van der Waals surface area contributed by atoms with Crippen LogP contribution in [0.3, 0.4) is 0 Å². The molecular weight excluding hydrogens is 246 g/mol. The fourth-order valence-electron chi connectivity index (χ4n) is 3.89. The van der Waals surface area contributed by atoms with E-state index >= 15 is 0 Å². The zero-order valence-corrected chi connectivity index (χ0v) is 12.0. The van der Waals surface area contributed by atoms with Gasteiger partial charge in [-0.15, -0.1) is 0 Å². The van der Waals surface area contributed by atoms with Gasteiger partial charge in [0, 0.05) is 36.6 Å². The topological polar surface area (TPSA) is 28.2 Å². The highest BCUT2D eigenvalue weighted by molar-refractivity contribution is 5.94. The molecule has 2 aromatic rings. The summed E-state index contributed by atoms with van der Waals surface area (Å²) in [6, 6.07) is 8.63. The van der Waals surface area contributed by atoms with Crippen molar-refractivity contribution in [1.29, 1.82) is 0 Å². The minimum atomic E-state index is 0.493. The molecule has 0 amide bonds. The van der Waals surface area contributed by atoms with Crippen LogP contribution in [0.1, 0.15) is 18.4 Å². The lowest BCUT2D eigenvalue weighted by atomic mass is 9.86. The third kappa shape index (κ3) is 1.80. The molecule has 1 N–H and O–H groups in total. The molecule has 3 heteroatoms. The summed E-state index contributed by atoms with van der Waals surface area (Å²) in [5.74, 6) is 1.18. The van der Waals surface area contributed by atoms with Crippen LogP contribution in [0.15, 0.2) is 30.5 Å². The monoisotopic (exact) mass is 267 g/mol. The molecule has 20 heavy (non-hydrogen) atoms. The Bertz CT molecular complexity index is 638. The van der Waals surface area contributed by atoms with Crippen LogP contribution in [0, 0.1) is 12.3 Å². The lowest BCUT2D eigenvalue weighted by molar-refractivity contribution is 0.369. The van der Waals surface area contributed by atoms with Gasteiger partial charge in [-0.3, -0.25) is 0 Å². The Balaban J connectivity index is 1.76. The van der Waals surface area contributed by atoms with E-state index in [1.165, 1.54) is 48.1 Å². The minimum absolute atomic E-state index is 0.493. The van der Waals surface area contributed by atoms with Gasteiger partial charge < -0.3 is 10.2 Å². The van der Waals surface area contributed by atoms with Crippen molar-refractivity contribution in [1.82, 2.24) is 10.3 Å². The van der Waals surface area contributed by atoms with Gasteiger partial charge in [0.2, 0.25) is 0 Å². The number of pyridine rings is 1. The fraction of sp³-hybridized carbons (Fsp3) is 0.471. The lowest BCUT2D eigenvalue weighted by Crippen LogP contribution is -2.29. The molecular formula is C17H21N3. The smallest absolute Gasteiger partial charge is 0.136 e. The summed E-state index contributed by atoms with van der Waals surface area (Å²) in [7, 11) is 0. The van der Waals surface area contributed by atoms with Crippen molar-refractivity contribution in [2.24, 2.45) is 5.41 Å². The normalized spacial score (nSPS) is 25.9. The molecule has 3 nitrogen and oxygen atoms in total. The highest BCUT2D eigenvalue weighted by Crippen LogP contribution is 2.39. The number of benzene rings is 1. The quantitative estimate of drug-likeness (QED) is 0.861. The van der Waals surface area contributed by atoms with E-state index in [9.17, 15) is 0 Å². The van der Waals surface area contributed by atoms with Crippen LogP contribution in [0.2, 0.25) is 0 Å². The van der Waals surface area contributed by atoms with Crippen LogP contribution >= 0.6 is 0 Å². The molecule has 0 radical (unpaired) electrons. The fourth-order valence-corrected chi connectivity index (χ4v) is 3.89. The van der Waals surface area contributed by atoms with Gasteiger partial charge in [0.1, 0.15) is 5.82 Å². The molecule has 3 heterocycles. The average Bonchev–Trinajstić information content (AvgIpc) is 3.09. The summed E-state index contributed by atoms with van der Waals surface area (Å²) in [4.78, 5) is 7.21. The maximum atomic E-state index is 4.71. The molecule has 2 saturated heterocycles. The Morgan fingerprint density at radius 1 is 1.25 bits per heavy atom. The third-order valence-electron chi connectivity index (χ3n) is 5.05. The van der Waals surface area contributed by atoms with Crippen molar-refractivity contribution in [2.75, 3.05) is 31.1 Å². The van der Waals surface area contributed by atoms with E-state index in [2.05, 4.69) is 41.4 Å². The van der Waals surface area contributed by atoms with Gasteiger partial charge in [-0.25, -0.2) is 4.98 Å². The first-order valence-corrected chi connectivity index (χ1v) is 7.58. The summed E-state index contributed by atoms with van der Waals surface area (Å²) in [6.07, 6.45) is 4.56. The first-order chi connectivity index (χ1) is 9.77. The second-order valence-corrected chi connectivity index (χ2v) is 6.41. The molecule has 2 aliphatic heterocycles. The number of nitrogens with zero attached hydrogens (tertiary/aromatic N) is 2. The van der Waals surface area contributed by atoms with Gasteiger partial charge in [0.05, 0.1) is 0 Å². The molecule has 0 saturated carbocycles. The van der Waals surface area contributed by atoms with Gasteiger partial charge in [0.25, 0.3) is 0 Å². The van der Waals surface area contributed by atoms with Crippen molar-refractivity contribution in [3.8, 4) is 0 Å². The molecule has 1 aromatic carbocycles. The highest BCUT2D eigenvalue weighted by Gasteiger charge is 2.41. The molecule has 1 unspecified atom stereocenters. The molecule has 1 aromatic heterocycles. The van der Waals surface area contributed by atoms with E-state index < -0.39 is 0 Å². The molecule has 0 bridgehead atoms. The summed E-state index contributed by atoms with van der Waals surface area (Å²) in [5.41, 5.74) is 1.82. The summed E-state index contributed by atoms with van der Waals surface area (Å²) in [5, 5.41) is 6.17. The van der Waals surface area contributed by atoms with Gasteiger partial charge >= 0.3 is 0 Å². The Hall–Kier alpha value is -1.61. The molecule has 1 atom stereocenters. The Morgan fingerprint density at radius 2 is 2.20 bits per heavy atom. The maximum absolute atomic E-state index is 4.71. The summed E-state index contributed by atoms with van der Waals surface area (Å²) < 4.78 is 0. The Kier molecular flexibility index (Phi) is 2.71. The number of nitrogens with one attached hydrogen (secondary N) is 1. The number of hydrogen-bond acceptors (Lipinski definition) is 3. The first-order valence-electron chi connectivity index (χ1n) is 7.58. The molecule has 104 valence electrons. The van der Waals surface area contributed by atoms with Gasteiger partial charge in [-0.1, -0.05) is 18.2 Å². The van der Waals surface area contributed by atoms with Crippen molar-refractivity contribution in [3.05, 3.63) is 36.0 Å². The number of rotatable bonds is 1. The van der Waals surface area contributed by atoms with E-state index in [4.69, 9.17) is 4.98 Å². The Morgan fingerprint density at radius 3 is 3.05 bits per heavy atom. The third-order valence-corrected chi connectivity index (χ3v) is 5.05. The second kappa shape index (κ2) is 4.45. The van der Waals surface area contributed by atoms with E-state index in [1.54, 1.807) is 0 Å². The van der Waals surface area contributed by atoms with Crippen molar-refractivity contribution < 1.29 is 0 Å². The predicted molar refractivity (Wildman–Crippen MR) is 83.2 cm³/mol. The minimum Gasteiger partial charge on any atom is -0.355 e. The highest BCUT2D eigenvalue weighted by atomic mass is 15.2. The number of aryl methyl sites for hydroxylation is 1. The number of fused-ring (bicyclic) bond motifs is 1. The molecule has 2 fully saturated rings. The van der Waals surface area contributed by atoms with Crippen LogP contribution < -0.4 is 10.2 Å². The Labute approximate surface area is 120 Å². The zero-order valence-electron chi connectivity index (χ0n) is 12.0. The standard InChI is InChI=1S/C17H21N3/c1-13-3-2-4-14-5-8-19-16(15(13)14)20-10-7-17(12-20)6-9-18-11-17/h2-5,8,18H,6-7,9-12H2,1H3. The largest absolute Gasteiger partial charge is 0.355 e. The van der Waals surface area contributed by atoms with Gasteiger partial charge in [-0.2, -0.15) is 0 Å². The maximum Gasteiger partial charge on any atom is 0.136 e. The zero-order chi connectivity index (χ0) is 13.6. The summed E-state index contributed by atoms with van der Waals surface area (Å²) in [6.45, 7) is 6.84. The average molecular weight is 267 g/mol. The van der Waals surface area contributed by atoms with E-state index in [-0.39, 0.29) is 0 Å². The molecule has 0 aliphatic carbocycles.